The van der Waals surface area contributed by atoms with E-state index in [1.54, 1.807) is 0 Å². The van der Waals surface area contributed by atoms with Crippen LogP contribution in [0.15, 0.2) is 30.5 Å². The molecule has 0 aliphatic carbocycles. The van der Waals surface area contributed by atoms with Crippen LogP contribution in [0.1, 0.15) is 0 Å². The van der Waals surface area contributed by atoms with Gasteiger partial charge in [-0.1, -0.05) is 0 Å². The molecule has 5 heteroatoms. The highest BCUT2D eigenvalue weighted by Crippen LogP contribution is 2.31. The molecule has 17 heavy (non-hydrogen) atoms. The van der Waals surface area contributed by atoms with Gasteiger partial charge >= 0.3 is 0 Å². The summed E-state index contributed by atoms with van der Waals surface area (Å²) in [6.07, 6.45) is 1.26. The summed E-state index contributed by atoms with van der Waals surface area (Å²) >= 11 is 0. The lowest BCUT2D eigenvalue weighted by Crippen LogP contribution is -1.98. The lowest BCUT2D eigenvalue weighted by Gasteiger charge is -2.08. The monoisotopic (exact) mass is 239 g/mol. The fourth-order valence-corrected chi connectivity index (χ4v) is 1.48. The smallest absolute Gasteiger partial charge is 0.177 e. The fraction of sp³-hybridized carbons (Fsp3) is 0.0833. The summed E-state index contributed by atoms with van der Waals surface area (Å²) in [5.74, 6) is -2.81. The summed E-state index contributed by atoms with van der Waals surface area (Å²) in [6, 6.07) is 4.57. The summed E-state index contributed by atoms with van der Waals surface area (Å²) in [6.45, 7) is 0. The van der Waals surface area contributed by atoms with E-state index in [2.05, 4.69) is 4.98 Å². The van der Waals surface area contributed by atoms with Crippen LogP contribution in [-0.4, -0.2) is 12.1 Å². The number of nitrogens with zero attached hydrogens (tertiary/aromatic N) is 1. The van der Waals surface area contributed by atoms with E-state index < -0.39 is 23.0 Å². The van der Waals surface area contributed by atoms with Crippen molar-refractivity contribution >= 4 is 0 Å². The summed E-state index contributed by atoms with van der Waals surface area (Å²) < 4.78 is 45.5. The molecule has 0 atom stereocenters. The van der Waals surface area contributed by atoms with Crippen molar-refractivity contribution in [3.8, 4) is 17.0 Å². The Hall–Kier alpha value is -2.04. The Bertz CT molecular complexity index is 557. The zero-order chi connectivity index (χ0) is 12.4. The minimum absolute atomic E-state index is 0.161. The second-order valence-electron chi connectivity index (χ2n) is 3.27. The van der Waals surface area contributed by atoms with E-state index in [1.165, 1.54) is 19.4 Å². The molecule has 0 N–H and O–H groups in total. The molecule has 2 nitrogen and oxygen atoms in total. The van der Waals surface area contributed by atoms with Gasteiger partial charge in [0.05, 0.1) is 12.7 Å². The number of methoxy groups -OCH3 is 1. The van der Waals surface area contributed by atoms with E-state index >= 15 is 0 Å². The van der Waals surface area contributed by atoms with E-state index in [9.17, 15) is 13.2 Å². The second-order valence-corrected chi connectivity index (χ2v) is 3.27. The van der Waals surface area contributed by atoms with Gasteiger partial charge in [0.15, 0.2) is 11.6 Å². The summed E-state index contributed by atoms with van der Waals surface area (Å²) in [5, 5.41) is 0. The van der Waals surface area contributed by atoms with Gasteiger partial charge in [-0.15, -0.1) is 0 Å². The summed E-state index contributed by atoms with van der Waals surface area (Å²) in [5.41, 5.74) is -0.899. The summed E-state index contributed by atoms with van der Waals surface area (Å²) in [7, 11) is 1.24. The predicted molar refractivity (Wildman–Crippen MR) is 56.1 cm³/mol. The topological polar surface area (TPSA) is 22.1 Å². The van der Waals surface area contributed by atoms with Crippen molar-refractivity contribution in [2.45, 2.75) is 0 Å². The number of rotatable bonds is 2. The molecule has 0 aliphatic rings. The van der Waals surface area contributed by atoms with Crippen LogP contribution >= 0.6 is 0 Å². The molecule has 0 unspecified atom stereocenters. The Morgan fingerprint density at radius 2 is 1.82 bits per heavy atom. The maximum Gasteiger partial charge on any atom is 0.177 e. The van der Waals surface area contributed by atoms with Crippen molar-refractivity contribution in [2.75, 3.05) is 7.11 Å². The van der Waals surface area contributed by atoms with E-state index in [0.717, 1.165) is 18.2 Å². The molecule has 2 aromatic rings. The quantitative estimate of drug-likeness (QED) is 0.803. The first-order chi connectivity index (χ1) is 8.15. The molecule has 1 aromatic carbocycles. The molecule has 0 spiro atoms. The maximum atomic E-state index is 13.8. The lowest BCUT2D eigenvalue weighted by atomic mass is 10.1. The Labute approximate surface area is 95.7 Å². The largest absolute Gasteiger partial charge is 0.494 e. The van der Waals surface area contributed by atoms with Crippen molar-refractivity contribution in [1.29, 1.82) is 0 Å². The van der Waals surface area contributed by atoms with Gasteiger partial charge in [-0.3, -0.25) is 4.98 Å². The molecular formula is C12H8F3NO. The molecule has 0 bridgehead atoms. The van der Waals surface area contributed by atoms with Crippen LogP contribution in [0.5, 0.6) is 5.75 Å². The Balaban J connectivity index is 2.71. The van der Waals surface area contributed by atoms with Gasteiger partial charge in [0.2, 0.25) is 0 Å². The Kier molecular flexibility index (Phi) is 2.99. The SMILES string of the molecule is COc1ccc(F)c(-c2ncccc2F)c1F. The highest BCUT2D eigenvalue weighted by Gasteiger charge is 2.19. The van der Waals surface area contributed by atoms with Gasteiger partial charge in [0.1, 0.15) is 17.3 Å². The van der Waals surface area contributed by atoms with Crippen molar-refractivity contribution in [3.63, 3.8) is 0 Å². The second kappa shape index (κ2) is 4.45. The summed E-state index contributed by atoms with van der Waals surface area (Å²) in [4.78, 5) is 3.64. The van der Waals surface area contributed by atoms with Crippen molar-refractivity contribution in [2.24, 2.45) is 0 Å². The number of hydrogen-bond acceptors (Lipinski definition) is 2. The highest BCUT2D eigenvalue weighted by molar-refractivity contribution is 5.63. The molecule has 0 saturated carbocycles. The number of benzene rings is 1. The van der Waals surface area contributed by atoms with Crippen LogP contribution in [0.25, 0.3) is 11.3 Å². The lowest BCUT2D eigenvalue weighted by molar-refractivity contribution is 0.385. The van der Waals surface area contributed by atoms with Gasteiger partial charge in [0, 0.05) is 6.20 Å². The van der Waals surface area contributed by atoms with Crippen LogP contribution in [0.3, 0.4) is 0 Å². The van der Waals surface area contributed by atoms with Gasteiger partial charge < -0.3 is 4.74 Å². The third-order valence-electron chi connectivity index (χ3n) is 2.27. The van der Waals surface area contributed by atoms with Crippen LogP contribution in [-0.2, 0) is 0 Å². The minimum atomic E-state index is -0.967. The van der Waals surface area contributed by atoms with E-state index in [1.807, 2.05) is 0 Å². The van der Waals surface area contributed by atoms with Crippen molar-refractivity contribution in [3.05, 3.63) is 47.9 Å². The van der Waals surface area contributed by atoms with E-state index in [4.69, 9.17) is 4.74 Å². The first kappa shape index (κ1) is 11.4. The van der Waals surface area contributed by atoms with Gasteiger partial charge in [0.25, 0.3) is 0 Å². The van der Waals surface area contributed by atoms with Crippen LogP contribution in [0, 0.1) is 17.5 Å². The molecular weight excluding hydrogens is 231 g/mol. The van der Waals surface area contributed by atoms with E-state index in [0.29, 0.717) is 0 Å². The van der Waals surface area contributed by atoms with Gasteiger partial charge in [-0.25, -0.2) is 13.2 Å². The number of halogens is 3. The highest BCUT2D eigenvalue weighted by atomic mass is 19.1. The number of ether oxygens (including phenoxy) is 1. The third kappa shape index (κ3) is 1.95. The van der Waals surface area contributed by atoms with Crippen LogP contribution < -0.4 is 4.74 Å². The number of aromatic nitrogens is 1. The van der Waals surface area contributed by atoms with Crippen molar-refractivity contribution in [1.82, 2.24) is 4.98 Å². The Morgan fingerprint density at radius 3 is 2.47 bits per heavy atom. The zero-order valence-corrected chi connectivity index (χ0v) is 8.88. The fourth-order valence-electron chi connectivity index (χ4n) is 1.48. The predicted octanol–water partition coefficient (Wildman–Crippen LogP) is 3.17. The third-order valence-corrected chi connectivity index (χ3v) is 2.27. The first-order valence-corrected chi connectivity index (χ1v) is 4.78. The molecule has 1 heterocycles. The normalized spacial score (nSPS) is 10.4. The molecule has 0 fully saturated rings. The molecule has 0 radical (unpaired) electrons. The molecule has 0 saturated heterocycles. The molecule has 1 aromatic heterocycles. The number of hydrogen-bond donors (Lipinski definition) is 0. The maximum absolute atomic E-state index is 13.8. The Morgan fingerprint density at radius 1 is 1.06 bits per heavy atom. The van der Waals surface area contributed by atoms with Gasteiger partial charge in [-0.2, -0.15) is 0 Å². The van der Waals surface area contributed by atoms with Crippen molar-refractivity contribution < 1.29 is 17.9 Å². The van der Waals surface area contributed by atoms with E-state index in [-0.39, 0.29) is 11.4 Å². The average molecular weight is 239 g/mol. The zero-order valence-electron chi connectivity index (χ0n) is 8.88. The molecule has 0 amide bonds. The van der Waals surface area contributed by atoms with Gasteiger partial charge in [-0.05, 0) is 24.3 Å². The minimum Gasteiger partial charge on any atom is -0.494 e. The van der Waals surface area contributed by atoms with Crippen LogP contribution in [0.2, 0.25) is 0 Å². The molecule has 88 valence electrons. The first-order valence-electron chi connectivity index (χ1n) is 4.78. The molecule has 0 aliphatic heterocycles. The average Bonchev–Trinajstić information content (AvgIpc) is 2.32. The number of pyridine rings is 1. The standard InChI is InChI=1S/C12H8F3NO/c1-17-9-5-4-7(13)10(11(9)15)12-8(14)3-2-6-16-12/h2-6H,1H3. The molecule has 2 rings (SSSR count). The van der Waals surface area contributed by atoms with Crippen LogP contribution in [0.4, 0.5) is 13.2 Å².